The monoisotopic (exact) mass is 256 g/mol. The number of aromatic nitrogens is 3. The lowest BCUT2D eigenvalue weighted by Crippen LogP contribution is -1.97. The molecular weight excluding hydrogens is 248 g/mol. The third-order valence-electron chi connectivity index (χ3n) is 2.45. The van der Waals surface area contributed by atoms with Gasteiger partial charge >= 0.3 is 0 Å². The van der Waals surface area contributed by atoms with Gasteiger partial charge < -0.3 is 5.32 Å². The van der Waals surface area contributed by atoms with Crippen LogP contribution in [-0.4, -0.2) is 15.0 Å². The van der Waals surface area contributed by atoms with Gasteiger partial charge in [-0.05, 0) is 24.3 Å². The first kappa shape index (κ1) is 10.9. The molecule has 0 saturated heterocycles. The van der Waals surface area contributed by atoms with Gasteiger partial charge in [0, 0.05) is 6.20 Å². The first-order valence-corrected chi connectivity index (χ1v) is 5.80. The molecule has 0 atom stereocenters. The molecule has 2 heterocycles. The van der Waals surface area contributed by atoms with Gasteiger partial charge in [-0.1, -0.05) is 23.7 Å². The summed E-state index contributed by atoms with van der Waals surface area (Å²) in [5.41, 5.74) is 2.40. The molecule has 0 bridgehead atoms. The smallest absolute Gasteiger partial charge is 0.172 e. The summed E-state index contributed by atoms with van der Waals surface area (Å²) in [6, 6.07) is 11.3. The normalized spacial score (nSPS) is 10.5. The van der Waals surface area contributed by atoms with Gasteiger partial charge in [0.2, 0.25) is 0 Å². The van der Waals surface area contributed by atoms with E-state index in [9.17, 15) is 0 Å². The quantitative estimate of drug-likeness (QED) is 0.763. The summed E-state index contributed by atoms with van der Waals surface area (Å²) in [5.74, 6) is 0.531. The number of pyridine rings is 1. The van der Waals surface area contributed by atoms with E-state index < -0.39 is 0 Å². The van der Waals surface area contributed by atoms with Crippen LogP contribution < -0.4 is 5.32 Å². The fraction of sp³-hybridized carbons (Fsp3) is 0. The minimum Gasteiger partial charge on any atom is -0.336 e. The molecule has 0 amide bonds. The van der Waals surface area contributed by atoms with Crippen LogP contribution in [0.1, 0.15) is 0 Å². The van der Waals surface area contributed by atoms with Crippen LogP contribution in [-0.2, 0) is 0 Å². The Balaban J connectivity index is 2.04. The fourth-order valence-electron chi connectivity index (χ4n) is 1.63. The second-order valence-electron chi connectivity index (χ2n) is 3.72. The summed E-state index contributed by atoms with van der Waals surface area (Å²) in [4.78, 5) is 12.7. The van der Waals surface area contributed by atoms with Crippen molar-refractivity contribution in [1.82, 2.24) is 15.0 Å². The number of nitrogens with one attached hydrogen (secondary N) is 1. The molecule has 0 spiro atoms. The Morgan fingerprint density at radius 2 is 1.72 bits per heavy atom. The molecule has 0 fully saturated rings. The maximum Gasteiger partial charge on any atom is 0.172 e. The van der Waals surface area contributed by atoms with Crippen molar-refractivity contribution in [2.75, 3.05) is 5.32 Å². The predicted octanol–water partition coefficient (Wildman–Crippen LogP) is 3.42. The Morgan fingerprint density at radius 1 is 0.944 bits per heavy atom. The third-order valence-corrected chi connectivity index (χ3v) is 2.72. The van der Waals surface area contributed by atoms with Gasteiger partial charge in [-0.15, -0.1) is 0 Å². The van der Waals surface area contributed by atoms with E-state index in [0.717, 1.165) is 16.7 Å². The molecule has 2 aromatic heterocycles. The molecule has 0 saturated carbocycles. The molecule has 1 aromatic carbocycles. The van der Waals surface area contributed by atoms with E-state index in [4.69, 9.17) is 11.6 Å². The van der Waals surface area contributed by atoms with E-state index in [0.29, 0.717) is 11.0 Å². The van der Waals surface area contributed by atoms with E-state index in [2.05, 4.69) is 20.3 Å². The minimum absolute atomic E-state index is 0.345. The van der Waals surface area contributed by atoms with E-state index in [-0.39, 0.29) is 0 Å². The second-order valence-corrected chi connectivity index (χ2v) is 4.08. The number of hydrogen-bond acceptors (Lipinski definition) is 4. The van der Waals surface area contributed by atoms with Crippen LogP contribution in [0, 0.1) is 0 Å². The Labute approximate surface area is 109 Å². The van der Waals surface area contributed by atoms with E-state index in [1.54, 1.807) is 12.4 Å². The lowest BCUT2D eigenvalue weighted by Gasteiger charge is -2.07. The molecule has 88 valence electrons. The Kier molecular flexibility index (Phi) is 2.78. The van der Waals surface area contributed by atoms with Crippen molar-refractivity contribution in [1.29, 1.82) is 0 Å². The van der Waals surface area contributed by atoms with Crippen LogP contribution in [0.5, 0.6) is 0 Å². The zero-order chi connectivity index (χ0) is 12.4. The number of hydrogen-bond donors (Lipinski definition) is 1. The van der Waals surface area contributed by atoms with Crippen molar-refractivity contribution >= 4 is 34.1 Å². The largest absolute Gasteiger partial charge is 0.336 e. The van der Waals surface area contributed by atoms with Crippen molar-refractivity contribution < 1.29 is 0 Å². The van der Waals surface area contributed by atoms with Gasteiger partial charge in [0.05, 0.1) is 22.9 Å². The molecule has 0 aliphatic carbocycles. The molecule has 18 heavy (non-hydrogen) atoms. The highest BCUT2D eigenvalue weighted by Crippen LogP contribution is 2.23. The second kappa shape index (κ2) is 4.58. The summed E-state index contributed by atoms with van der Waals surface area (Å²) >= 11 is 6.10. The predicted molar refractivity (Wildman–Crippen MR) is 72.1 cm³/mol. The molecule has 4 nitrogen and oxygen atoms in total. The van der Waals surface area contributed by atoms with Crippen molar-refractivity contribution in [3.8, 4) is 0 Å². The Hall–Kier alpha value is -2.20. The number of fused-ring (bicyclic) bond motifs is 1. The van der Waals surface area contributed by atoms with Crippen molar-refractivity contribution in [2.45, 2.75) is 0 Å². The molecule has 0 aliphatic rings. The van der Waals surface area contributed by atoms with Crippen LogP contribution in [0.3, 0.4) is 0 Å². The maximum absolute atomic E-state index is 6.10. The SMILES string of the molecule is Clc1nc2ccccc2nc1Nc1cccnc1. The fourth-order valence-corrected chi connectivity index (χ4v) is 1.81. The van der Waals surface area contributed by atoms with E-state index in [1.807, 2.05) is 36.4 Å². The zero-order valence-electron chi connectivity index (χ0n) is 9.34. The van der Waals surface area contributed by atoms with Crippen LogP contribution >= 0.6 is 11.6 Å². The summed E-state index contributed by atoms with van der Waals surface area (Å²) in [7, 11) is 0. The zero-order valence-corrected chi connectivity index (χ0v) is 10.1. The highest BCUT2D eigenvalue weighted by molar-refractivity contribution is 6.32. The number of para-hydroxylation sites is 2. The highest BCUT2D eigenvalue weighted by Gasteiger charge is 2.06. The molecule has 5 heteroatoms. The molecule has 3 rings (SSSR count). The minimum atomic E-state index is 0.345. The third kappa shape index (κ3) is 2.10. The number of halogens is 1. The van der Waals surface area contributed by atoms with Gasteiger partial charge in [0.25, 0.3) is 0 Å². The molecule has 0 radical (unpaired) electrons. The van der Waals surface area contributed by atoms with Crippen LogP contribution in [0.2, 0.25) is 5.15 Å². The number of benzene rings is 1. The topological polar surface area (TPSA) is 50.7 Å². The lowest BCUT2D eigenvalue weighted by atomic mass is 10.3. The van der Waals surface area contributed by atoms with Crippen molar-refractivity contribution in [3.05, 3.63) is 53.9 Å². The molecule has 1 N–H and O–H groups in total. The van der Waals surface area contributed by atoms with Crippen LogP contribution in [0.25, 0.3) is 11.0 Å². The Morgan fingerprint density at radius 3 is 2.44 bits per heavy atom. The standard InChI is InChI=1S/C13H9ClN4/c14-12-13(16-9-4-3-7-15-8-9)18-11-6-2-1-5-10(11)17-12/h1-8H,(H,16,18). The number of anilines is 2. The van der Waals surface area contributed by atoms with Gasteiger partial charge in [0.1, 0.15) is 0 Å². The van der Waals surface area contributed by atoms with Gasteiger partial charge in [-0.3, -0.25) is 4.98 Å². The molecular formula is C13H9ClN4. The van der Waals surface area contributed by atoms with Gasteiger partial charge in [-0.25, -0.2) is 9.97 Å². The van der Waals surface area contributed by atoms with Crippen LogP contribution in [0.15, 0.2) is 48.8 Å². The highest BCUT2D eigenvalue weighted by atomic mass is 35.5. The first-order valence-electron chi connectivity index (χ1n) is 5.42. The maximum atomic E-state index is 6.10. The summed E-state index contributed by atoms with van der Waals surface area (Å²) in [5, 5.41) is 3.44. The van der Waals surface area contributed by atoms with Crippen LogP contribution in [0.4, 0.5) is 11.5 Å². The van der Waals surface area contributed by atoms with Crippen molar-refractivity contribution in [2.24, 2.45) is 0 Å². The Bertz CT molecular complexity index is 685. The number of rotatable bonds is 2. The molecule has 0 unspecified atom stereocenters. The van der Waals surface area contributed by atoms with Gasteiger partial charge in [0.15, 0.2) is 11.0 Å². The molecule has 3 aromatic rings. The van der Waals surface area contributed by atoms with Crippen molar-refractivity contribution in [3.63, 3.8) is 0 Å². The molecule has 0 aliphatic heterocycles. The lowest BCUT2D eigenvalue weighted by molar-refractivity contribution is 1.26. The summed E-state index contributed by atoms with van der Waals surface area (Å²) < 4.78 is 0. The first-order chi connectivity index (χ1) is 8.83. The van der Waals surface area contributed by atoms with E-state index >= 15 is 0 Å². The summed E-state index contributed by atoms with van der Waals surface area (Å²) in [6.45, 7) is 0. The average molecular weight is 257 g/mol. The summed E-state index contributed by atoms with van der Waals surface area (Å²) in [6.07, 6.45) is 3.41. The average Bonchev–Trinajstić information content (AvgIpc) is 2.41. The number of nitrogens with zero attached hydrogens (tertiary/aromatic N) is 3. The van der Waals surface area contributed by atoms with Gasteiger partial charge in [-0.2, -0.15) is 0 Å². The van der Waals surface area contributed by atoms with E-state index in [1.165, 1.54) is 0 Å².